The molecule has 0 aliphatic carbocycles. The molecule has 0 saturated carbocycles. The largest absolute Gasteiger partial charge is 0.240 e. The number of nitrogens with zero attached hydrogens (tertiary/aromatic N) is 2. The Morgan fingerprint density at radius 3 is 2.60 bits per heavy atom. The summed E-state index contributed by atoms with van der Waals surface area (Å²) in [4.78, 5) is 8.17. The van der Waals surface area contributed by atoms with Crippen LogP contribution in [0.1, 0.15) is 32.0 Å². The predicted octanol–water partition coefficient (Wildman–Crippen LogP) is 1.79. The fourth-order valence-corrected chi connectivity index (χ4v) is 0.711. The van der Waals surface area contributed by atoms with Crippen LogP contribution < -0.4 is 0 Å². The van der Waals surface area contributed by atoms with Gasteiger partial charge in [0.25, 0.3) is 0 Å². The van der Waals surface area contributed by atoms with Gasteiger partial charge < -0.3 is 0 Å². The SMILES string of the molecule is CCC(C)c1nc[c]cn1. The van der Waals surface area contributed by atoms with Gasteiger partial charge in [0.15, 0.2) is 0 Å². The summed E-state index contributed by atoms with van der Waals surface area (Å²) in [7, 11) is 0. The molecular formula is C8H11N2. The highest BCUT2D eigenvalue weighted by Gasteiger charge is 2.02. The molecule has 1 atom stereocenters. The Bertz CT molecular complexity index is 184. The summed E-state index contributed by atoms with van der Waals surface area (Å²) in [6.45, 7) is 4.25. The normalized spacial score (nSPS) is 13.0. The lowest BCUT2D eigenvalue weighted by Gasteiger charge is -2.03. The maximum Gasteiger partial charge on any atom is 0.131 e. The maximum atomic E-state index is 4.08. The monoisotopic (exact) mass is 135 g/mol. The van der Waals surface area contributed by atoms with Crippen molar-refractivity contribution in [2.45, 2.75) is 26.2 Å². The van der Waals surface area contributed by atoms with Crippen molar-refractivity contribution < 1.29 is 0 Å². The van der Waals surface area contributed by atoms with E-state index in [0.29, 0.717) is 5.92 Å². The van der Waals surface area contributed by atoms with E-state index in [0.717, 1.165) is 12.2 Å². The molecule has 1 unspecified atom stereocenters. The van der Waals surface area contributed by atoms with Gasteiger partial charge in [-0.3, -0.25) is 0 Å². The van der Waals surface area contributed by atoms with Crippen molar-refractivity contribution >= 4 is 0 Å². The van der Waals surface area contributed by atoms with Gasteiger partial charge in [0, 0.05) is 24.4 Å². The molecule has 10 heavy (non-hydrogen) atoms. The first-order chi connectivity index (χ1) is 4.84. The lowest BCUT2D eigenvalue weighted by atomic mass is 10.1. The van der Waals surface area contributed by atoms with Crippen molar-refractivity contribution in [3.63, 3.8) is 0 Å². The summed E-state index contributed by atoms with van der Waals surface area (Å²) < 4.78 is 0. The van der Waals surface area contributed by atoms with Crippen molar-refractivity contribution in [3.05, 3.63) is 24.3 Å². The van der Waals surface area contributed by atoms with Gasteiger partial charge in [-0.1, -0.05) is 13.8 Å². The van der Waals surface area contributed by atoms with E-state index in [-0.39, 0.29) is 0 Å². The molecule has 2 nitrogen and oxygen atoms in total. The van der Waals surface area contributed by atoms with Crippen molar-refractivity contribution in [2.75, 3.05) is 0 Å². The average Bonchev–Trinajstić information content (AvgIpc) is 2.05. The zero-order valence-electron chi connectivity index (χ0n) is 6.33. The molecule has 53 valence electrons. The predicted molar refractivity (Wildman–Crippen MR) is 39.6 cm³/mol. The van der Waals surface area contributed by atoms with Crippen molar-refractivity contribution in [1.29, 1.82) is 0 Å². The van der Waals surface area contributed by atoms with Crippen LogP contribution in [-0.4, -0.2) is 9.97 Å². The quantitative estimate of drug-likeness (QED) is 0.617. The Labute approximate surface area is 61.3 Å². The van der Waals surface area contributed by atoms with E-state index in [1.807, 2.05) is 0 Å². The number of aromatic nitrogens is 2. The lowest BCUT2D eigenvalue weighted by molar-refractivity contribution is 0.678. The molecule has 1 heterocycles. The van der Waals surface area contributed by atoms with Gasteiger partial charge in [0.1, 0.15) is 5.82 Å². The van der Waals surface area contributed by atoms with E-state index in [2.05, 4.69) is 29.9 Å². The summed E-state index contributed by atoms with van der Waals surface area (Å²) in [5.74, 6) is 1.39. The summed E-state index contributed by atoms with van der Waals surface area (Å²) in [5, 5.41) is 0. The molecule has 1 radical (unpaired) electrons. The average molecular weight is 135 g/mol. The summed E-state index contributed by atoms with van der Waals surface area (Å²) in [6.07, 6.45) is 4.41. The third kappa shape index (κ3) is 1.53. The molecule has 0 N–H and O–H groups in total. The second-order valence-electron chi connectivity index (χ2n) is 2.35. The summed E-state index contributed by atoms with van der Waals surface area (Å²) >= 11 is 0. The fourth-order valence-electron chi connectivity index (χ4n) is 0.711. The van der Waals surface area contributed by atoms with Crippen LogP contribution in [-0.2, 0) is 0 Å². The lowest BCUT2D eigenvalue weighted by Crippen LogP contribution is -1.97. The fraction of sp³-hybridized carbons (Fsp3) is 0.500. The first-order valence-electron chi connectivity index (χ1n) is 3.52. The third-order valence-corrected chi connectivity index (χ3v) is 1.60. The van der Waals surface area contributed by atoms with Gasteiger partial charge in [-0.05, 0) is 6.42 Å². The van der Waals surface area contributed by atoms with Crippen LogP contribution in [0.3, 0.4) is 0 Å². The van der Waals surface area contributed by atoms with Crippen LogP contribution in [0.15, 0.2) is 12.4 Å². The van der Waals surface area contributed by atoms with E-state index < -0.39 is 0 Å². The van der Waals surface area contributed by atoms with Gasteiger partial charge in [-0.25, -0.2) is 9.97 Å². The molecule has 0 aliphatic heterocycles. The molecule has 1 rings (SSSR count). The van der Waals surface area contributed by atoms with E-state index in [9.17, 15) is 0 Å². The molecule has 0 bridgehead atoms. The van der Waals surface area contributed by atoms with E-state index in [1.165, 1.54) is 0 Å². The molecule has 0 amide bonds. The summed E-state index contributed by atoms with van der Waals surface area (Å²) in [6, 6.07) is 2.79. The highest BCUT2D eigenvalue weighted by Crippen LogP contribution is 2.11. The van der Waals surface area contributed by atoms with Gasteiger partial charge in [0.2, 0.25) is 0 Å². The van der Waals surface area contributed by atoms with Crippen molar-refractivity contribution in [3.8, 4) is 0 Å². The Balaban J connectivity index is 2.75. The molecule has 2 heteroatoms. The second kappa shape index (κ2) is 3.30. The summed E-state index contributed by atoms with van der Waals surface area (Å²) in [5.41, 5.74) is 0. The molecule has 0 fully saturated rings. The van der Waals surface area contributed by atoms with Crippen LogP contribution in [0, 0.1) is 6.07 Å². The van der Waals surface area contributed by atoms with Crippen molar-refractivity contribution in [1.82, 2.24) is 9.97 Å². The smallest absolute Gasteiger partial charge is 0.131 e. The molecule has 1 aromatic heterocycles. The van der Waals surface area contributed by atoms with Gasteiger partial charge >= 0.3 is 0 Å². The first kappa shape index (κ1) is 7.19. The minimum atomic E-state index is 0.467. The van der Waals surface area contributed by atoms with Crippen LogP contribution >= 0.6 is 0 Å². The van der Waals surface area contributed by atoms with Crippen molar-refractivity contribution in [2.24, 2.45) is 0 Å². The van der Waals surface area contributed by atoms with Crippen LogP contribution in [0.5, 0.6) is 0 Å². The zero-order chi connectivity index (χ0) is 7.40. The zero-order valence-corrected chi connectivity index (χ0v) is 6.33. The standard InChI is InChI=1S/C8H11N2/c1-3-7(2)8-9-5-4-6-10-8/h5-7H,3H2,1-2H3. The van der Waals surface area contributed by atoms with Gasteiger partial charge in [0.05, 0.1) is 0 Å². The van der Waals surface area contributed by atoms with E-state index >= 15 is 0 Å². The first-order valence-corrected chi connectivity index (χ1v) is 3.52. The molecule has 1 aromatic rings. The number of hydrogen-bond donors (Lipinski definition) is 0. The molecular weight excluding hydrogens is 124 g/mol. The third-order valence-electron chi connectivity index (χ3n) is 1.60. The minimum absolute atomic E-state index is 0.467. The van der Waals surface area contributed by atoms with Crippen LogP contribution in [0.25, 0.3) is 0 Å². The maximum absolute atomic E-state index is 4.08. The van der Waals surface area contributed by atoms with Crippen LogP contribution in [0.2, 0.25) is 0 Å². The van der Waals surface area contributed by atoms with Crippen LogP contribution in [0.4, 0.5) is 0 Å². The number of hydrogen-bond acceptors (Lipinski definition) is 2. The Morgan fingerprint density at radius 1 is 1.50 bits per heavy atom. The van der Waals surface area contributed by atoms with E-state index in [1.54, 1.807) is 12.4 Å². The van der Waals surface area contributed by atoms with Gasteiger partial charge in [-0.15, -0.1) is 0 Å². The van der Waals surface area contributed by atoms with E-state index in [4.69, 9.17) is 0 Å². The molecule has 0 aliphatic rings. The Morgan fingerprint density at radius 2 is 2.10 bits per heavy atom. The molecule has 0 aromatic carbocycles. The highest BCUT2D eigenvalue weighted by atomic mass is 14.9. The molecule has 0 saturated heterocycles. The topological polar surface area (TPSA) is 25.8 Å². The Kier molecular flexibility index (Phi) is 2.37. The minimum Gasteiger partial charge on any atom is -0.240 e. The van der Waals surface area contributed by atoms with Gasteiger partial charge in [-0.2, -0.15) is 0 Å². The highest BCUT2D eigenvalue weighted by molar-refractivity contribution is 4.93. The Hall–Kier alpha value is -0.920. The number of rotatable bonds is 2. The second-order valence-corrected chi connectivity index (χ2v) is 2.35. The molecule has 0 spiro atoms.